The zero-order valence-corrected chi connectivity index (χ0v) is 23.0. The molecule has 202 valence electrons. The number of anilines is 2. The third-order valence-electron chi connectivity index (χ3n) is 6.03. The molecule has 0 aliphatic rings. The van der Waals surface area contributed by atoms with Gasteiger partial charge in [-0.2, -0.15) is 0 Å². The first kappa shape index (κ1) is 27.8. The quantitative estimate of drug-likeness (QED) is 0.259. The zero-order chi connectivity index (χ0) is 28.3. The predicted octanol–water partition coefficient (Wildman–Crippen LogP) is 6.05. The summed E-state index contributed by atoms with van der Waals surface area (Å²) in [7, 11) is 3.10. The van der Waals surface area contributed by atoms with Crippen LogP contribution in [0, 0.1) is 11.2 Å². The second kappa shape index (κ2) is 11.2. The molecule has 0 radical (unpaired) electrons. The maximum Gasteiger partial charge on any atom is 0.257 e. The second-order valence-electron chi connectivity index (χ2n) is 9.90. The minimum absolute atomic E-state index is 0.0836. The van der Waals surface area contributed by atoms with Crippen LogP contribution in [0.2, 0.25) is 5.02 Å². The number of hydrogen-bond donors (Lipinski definition) is 3. The van der Waals surface area contributed by atoms with E-state index >= 15 is 0 Å². The van der Waals surface area contributed by atoms with Gasteiger partial charge in [0.15, 0.2) is 17.4 Å². The fourth-order valence-corrected chi connectivity index (χ4v) is 4.07. The van der Waals surface area contributed by atoms with E-state index in [1.807, 2.05) is 20.8 Å². The minimum Gasteiger partial charge on any atom is -0.494 e. The molecule has 8 nitrogen and oxygen atoms in total. The summed E-state index contributed by atoms with van der Waals surface area (Å²) < 4.78 is 20.0. The van der Waals surface area contributed by atoms with Crippen molar-refractivity contribution < 1.29 is 18.7 Å². The number of carbonyl (C=O) groups excluding carboxylic acids is 2. The van der Waals surface area contributed by atoms with Crippen LogP contribution in [0.3, 0.4) is 0 Å². The molecule has 1 heterocycles. The van der Waals surface area contributed by atoms with E-state index in [4.69, 9.17) is 16.3 Å². The van der Waals surface area contributed by atoms with Crippen molar-refractivity contribution in [1.82, 2.24) is 15.3 Å². The number of rotatable bonds is 7. The highest BCUT2D eigenvalue weighted by molar-refractivity contribution is 6.34. The van der Waals surface area contributed by atoms with Gasteiger partial charge in [-0.3, -0.25) is 9.59 Å². The van der Waals surface area contributed by atoms with Crippen molar-refractivity contribution in [2.75, 3.05) is 24.8 Å². The first-order chi connectivity index (χ1) is 18.5. The molecule has 0 unspecified atom stereocenters. The fraction of sp³-hybridized carbons (Fsp3) is 0.241. The molecule has 3 N–H and O–H groups in total. The molecule has 0 atom stereocenters. The van der Waals surface area contributed by atoms with Crippen molar-refractivity contribution in [2.24, 2.45) is 5.41 Å². The first-order valence-electron chi connectivity index (χ1n) is 12.2. The van der Waals surface area contributed by atoms with E-state index in [1.54, 1.807) is 55.6 Å². The molecule has 0 fully saturated rings. The van der Waals surface area contributed by atoms with Gasteiger partial charge in [-0.1, -0.05) is 44.5 Å². The number of amides is 2. The van der Waals surface area contributed by atoms with Crippen LogP contribution >= 0.6 is 11.6 Å². The molecule has 39 heavy (non-hydrogen) atoms. The molecule has 0 saturated carbocycles. The topological polar surface area (TPSA) is 105 Å². The minimum atomic E-state index is -0.570. The summed E-state index contributed by atoms with van der Waals surface area (Å²) in [5.41, 5.74) is 1.61. The summed E-state index contributed by atoms with van der Waals surface area (Å²) in [6, 6.07) is 14.9. The van der Waals surface area contributed by atoms with E-state index in [1.165, 1.54) is 13.2 Å². The van der Waals surface area contributed by atoms with E-state index in [2.05, 4.69) is 25.9 Å². The lowest BCUT2D eigenvalue weighted by Crippen LogP contribution is -2.34. The van der Waals surface area contributed by atoms with E-state index in [0.29, 0.717) is 22.4 Å². The summed E-state index contributed by atoms with van der Waals surface area (Å²) in [5, 5.41) is 9.70. The number of nitrogens with zero attached hydrogens (tertiary/aromatic N) is 2. The molecule has 4 aromatic rings. The van der Waals surface area contributed by atoms with Gasteiger partial charge in [0.05, 0.1) is 28.8 Å². The summed E-state index contributed by atoms with van der Waals surface area (Å²) in [5.74, 6) is -0.344. The highest BCUT2D eigenvalue weighted by Crippen LogP contribution is 2.31. The Hall–Kier alpha value is -4.24. The molecule has 0 spiro atoms. The van der Waals surface area contributed by atoms with Crippen molar-refractivity contribution in [3.05, 3.63) is 76.6 Å². The van der Waals surface area contributed by atoms with Gasteiger partial charge in [0.1, 0.15) is 5.82 Å². The molecular weight excluding hydrogens is 521 g/mol. The molecule has 2 amide bonds. The monoisotopic (exact) mass is 549 g/mol. The highest BCUT2D eigenvalue weighted by Gasteiger charge is 2.21. The average Bonchev–Trinajstić information content (AvgIpc) is 2.91. The number of hydrogen-bond acceptors (Lipinski definition) is 6. The van der Waals surface area contributed by atoms with Gasteiger partial charge in [-0.15, -0.1) is 0 Å². The number of fused-ring (bicyclic) bond motifs is 1. The number of carbonyl (C=O) groups is 2. The predicted molar refractivity (Wildman–Crippen MR) is 152 cm³/mol. The number of aromatic nitrogens is 2. The highest BCUT2D eigenvalue weighted by atomic mass is 35.5. The van der Waals surface area contributed by atoms with Crippen LogP contribution in [0.15, 0.2) is 54.6 Å². The van der Waals surface area contributed by atoms with Crippen LogP contribution in [0.1, 0.15) is 36.7 Å². The van der Waals surface area contributed by atoms with E-state index < -0.39 is 17.1 Å². The smallest absolute Gasteiger partial charge is 0.257 e. The van der Waals surface area contributed by atoms with Crippen molar-refractivity contribution >= 4 is 45.8 Å². The first-order valence-corrected chi connectivity index (χ1v) is 12.6. The Morgan fingerprint density at radius 3 is 2.51 bits per heavy atom. The van der Waals surface area contributed by atoms with Gasteiger partial charge >= 0.3 is 0 Å². The van der Waals surface area contributed by atoms with Gasteiger partial charge < -0.3 is 20.7 Å². The van der Waals surface area contributed by atoms with Crippen LogP contribution in [-0.4, -0.2) is 35.9 Å². The van der Waals surface area contributed by atoms with Crippen molar-refractivity contribution in [2.45, 2.75) is 27.3 Å². The van der Waals surface area contributed by atoms with Gasteiger partial charge in [0.2, 0.25) is 5.91 Å². The Labute approximate surface area is 231 Å². The van der Waals surface area contributed by atoms with Gasteiger partial charge in [-0.25, -0.2) is 14.4 Å². The Kier molecular flexibility index (Phi) is 8.01. The van der Waals surface area contributed by atoms with E-state index in [0.717, 1.165) is 5.56 Å². The number of methoxy groups -OCH3 is 1. The standard InChI is InChI=1S/C29H29ClFN5O3/c1-29(2,3)28(38)33-15-16-9-12-21(30)20(13-16)27(37)34-17-10-11-18-22(14-17)35-26(36-25(18)32-4)19-7-6-8-23(39-5)24(19)31/h6-14H,15H2,1-5H3,(H,33,38)(H,34,37)(H,32,35,36). The third kappa shape index (κ3) is 6.09. The number of ether oxygens (including phenoxy) is 1. The third-order valence-corrected chi connectivity index (χ3v) is 6.35. The molecule has 10 heteroatoms. The summed E-state index contributed by atoms with van der Waals surface area (Å²) in [6.45, 7) is 5.74. The van der Waals surface area contributed by atoms with E-state index in [9.17, 15) is 14.0 Å². The largest absolute Gasteiger partial charge is 0.494 e. The summed E-state index contributed by atoms with van der Waals surface area (Å²) >= 11 is 6.33. The van der Waals surface area contributed by atoms with Crippen molar-refractivity contribution in [3.63, 3.8) is 0 Å². The van der Waals surface area contributed by atoms with Gasteiger partial charge in [0.25, 0.3) is 5.91 Å². The zero-order valence-electron chi connectivity index (χ0n) is 22.3. The molecule has 0 aliphatic heterocycles. The Morgan fingerprint density at radius 1 is 1.05 bits per heavy atom. The van der Waals surface area contributed by atoms with Gasteiger partial charge in [0, 0.05) is 30.1 Å². The second-order valence-corrected chi connectivity index (χ2v) is 10.3. The SMILES string of the molecule is CNc1nc(-c2cccc(OC)c2F)nc2cc(NC(=O)c3cc(CNC(=O)C(C)(C)C)ccc3Cl)ccc12. The maximum absolute atomic E-state index is 14.9. The molecule has 0 bridgehead atoms. The maximum atomic E-state index is 14.9. The lowest BCUT2D eigenvalue weighted by Gasteiger charge is -2.18. The van der Waals surface area contributed by atoms with Crippen LogP contribution < -0.4 is 20.7 Å². The molecule has 0 saturated heterocycles. The Bertz CT molecular complexity index is 1570. The van der Waals surface area contributed by atoms with Crippen LogP contribution in [0.4, 0.5) is 15.9 Å². The molecule has 0 aliphatic carbocycles. The molecule has 3 aromatic carbocycles. The van der Waals surface area contributed by atoms with Crippen LogP contribution in [-0.2, 0) is 11.3 Å². The molecule has 4 rings (SSSR count). The lowest BCUT2D eigenvalue weighted by molar-refractivity contribution is -0.128. The van der Waals surface area contributed by atoms with E-state index in [-0.39, 0.29) is 40.2 Å². The summed E-state index contributed by atoms with van der Waals surface area (Å²) in [4.78, 5) is 34.4. The molecular formula is C29H29ClFN5O3. The Morgan fingerprint density at radius 2 is 1.82 bits per heavy atom. The van der Waals surface area contributed by atoms with Gasteiger partial charge in [-0.05, 0) is 48.0 Å². The number of benzene rings is 3. The Balaban J connectivity index is 1.63. The number of halogens is 2. The van der Waals surface area contributed by atoms with Crippen molar-refractivity contribution in [1.29, 1.82) is 0 Å². The average molecular weight is 550 g/mol. The lowest BCUT2D eigenvalue weighted by atomic mass is 9.95. The number of nitrogens with one attached hydrogen (secondary N) is 3. The summed E-state index contributed by atoms with van der Waals surface area (Å²) in [6.07, 6.45) is 0. The normalized spacial score (nSPS) is 11.3. The van der Waals surface area contributed by atoms with Crippen LogP contribution in [0.25, 0.3) is 22.3 Å². The fourth-order valence-electron chi connectivity index (χ4n) is 3.86. The van der Waals surface area contributed by atoms with Crippen molar-refractivity contribution in [3.8, 4) is 17.1 Å². The van der Waals surface area contributed by atoms with Crippen LogP contribution in [0.5, 0.6) is 5.75 Å². The molecule has 1 aromatic heterocycles.